The molecule has 0 amide bonds. The topological polar surface area (TPSA) is 21.3 Å². The summed E-state index contributed by atoms with van der Waals surface area (Å²) in [5.74, 6) is 1.04. The molecule has 1 aliphatic carbocycles. The smallest absolute Gasteiger partial charge is 0.120 e. The molecule has 2 rings (SSSR count). The highest BCUT2D eigenvalue weighted by Crippen LogP contribution is 2.49. The molecule has 0 saturated heterocycles. The highest BCUT2D eigenvalue weighted by atomic mass is 16.5. The lowest BCUT2D eigenvalue weighted by molar-refractivity contribution is -0.0858. The molecular weight excluding hydrogens is 258 g/mol. The quantitative estimate of drug-likeness (QED) is 0.756. The normalized spacial score (nSPS) is 23.6. The van der Waals surface area contributed by atoms with Crippen LogP contribution in [0.25, 0.3) is 0 Å². The third kappa shape index (κ3) is 3.26. The molecule has 2 unspecified atom stereocenters. The summed E-state index contributed by atoms with van der Waals surface area (Å²) in [6, 6.07) is 9.20. The van der Waals surface area contributed by atoms with E-state index in [1.165, 1.54) is 24.8 Å². The summed E-state index contributed by atoms with van der Waals surface area (Å²) in [6.07, 6.45) is 6.12. The number of hydrogen-bond donors (Lipinski definition) is 1. The van der Waals surface area contributed by atoms with Crippen LogP contribution in [0.5, 0.6) is 5.75 Å². The summed E-state index contributed by atoms with van der Waals surface area (Å²) in [6.45, 7) is 10.2. The Balaban J connectivity index is 2.05. The molecule has 1 aliphatic rings. The van der Waals surface area contributed by atoms with E-state index in [2.05, 4.69) is 57.3 Å². The second-order valence-electron chi connectivity index (χ2n) is 6.29. The van der Waals surface area contributed by atoms with Gasteiger partial charge in [-0.1, -0.05) is 39.8 Å². The van der Waals surface area contributed by atoms with Crippen LogP contribution in [0.15, 0.2) is 24.3 Å². The molecule has 118 valence electrons. The minimum absolute atomic E-state index is 0.303. The lowest BCUT2D eigenvalue weighted by Gasteiger charge is -2.55. The molecule has 1 aromatic carbocycles. The Morgan fingerprint density at radius 3 is 2.57 bits per heavy atom. The van der Waals surface area contributed by atoms with E-state index in [1.54, 1.807) is 0 Å². The molecule has 2 heteroatoms. The van der Waals surface area contributed by atoms with E-state index in [9.17, 15) is 0 Å². The molecule has 0 aliphatic heterocycles. The summed E-state index contributed by atoms with van der Waals surface area (Å²) >= 11 is 0. The van der Waals surface area contributed by atoms with Crippen molar-refractivity contribution in [2.24, 2.45) is 5.41 Å². The van der Waals surface area contributed by atoms with E-state index in [4.69, 9.17) is 4.74 Å². The van der Waals surface area contributed by atoms with Gasteiger partial charge in [0.2, 0.25) is 0 Å². The van der Waals surface area contributed by atoms with E-state index >= 15 is 0 Å². The maximum atomic E-state index is 6.36. The van der Waals surface area contributed by atoms with Crippen LogP contribution in [0, 0.1) is 5.41 Å². The number of nitrogens with one attached hydrogen (secondary N) is 1. The summed E-state index contributed by atoms with van der Waals surface area (Å²) < 4.78 is 6.36. The lowest BCUT2D eigenvalue weighted by atomic mass is 9.58. The van der Waals surface area contributed by atoms with Crippen LogP contribution in [0.3, 0.4) is 0 Å². The van der Waals surface area contributed by atoms with E-state index in [-0.39, 0.29) is 0 Å². The minimum Gasteiger partial charge on any atom is -0.490 e. The third-order valence-electron chi connectivity index (χ3n) is 5.33. The SMILES string of the molecule is CCCNC1CC(Oc2cccc(CC)c2)C1(CC)CC. The Bertz CT molecular complexity index is 439. The largest absolute Gasteiger partial charge is 0.490 e. The van der Waals surface area contributed by atoms with Gasteiger partial charge >= 0.3 is 0 Å². The van der Waals surface area contributed by atoms with Gasteiger partial charge < -0.3 is 10.1 Å². The molecule has 1 aromatic rings. The van der Waals surface area contributed by atoms with Gasteiger partial charge in [-0.05, 0) is 49.9 Å². The van der Waals surface area contributed by atoms with Crippen molar-refractivity contribution in [3.8, 4) is 5.75 Å². The van der Waals surface area contributed by atoms with E-state index in [0.717, 1.165) is 25.1 Å². The van der Waals surface area contributed by atoms with Crippen molar-refractivity contribution in [2.75, 3.05) is 6.54 Å². The van der Waals surface area contributed by atoms with Gasteiger partial charge in [0, 0.05) is 17.9 Å². The Kier molecular flexibility index (Phi) is 5.69. The van der Waals surface area contributed by atoms with Crippen LogP contribution in [0.4, 0.5) is 0 Å². The summed E-state index contributed by atoms with van der Waals surface area (Å²) in [4.78, 5) is 0. The molecule has 0 radical (unpaired) electrons. The van der Waals surface area contributed by atoms with Crippen molar-refractivity contribution in [1.82, 2.24) is 5.32 Å². The Hall–Kier alpha value is -1.02. The minimum atomic E-state index is 0.303. The predicted molar refractivity (Wildman–Crippen MR) is 89.9 cm³/mol. The monoisotopic (exact) mass is 289 g/mol. The maximum absolute atomic E-state index is 6.36. The van der Waals surface area contributed by atoms with Gasteiger partial charge in [0.25, 0.3) is 0 Å². The van der Waals surface area contributed by atoms with Gasteiger partial charge in [0.1, 0.15) is 11.9 Å². The number of benzene rings is 1. The van der Waals surface area contributed by atoms with Gasteiger partial charge in [0.15, 0.2) is 0 Å². The molecule has 1 N–H and O–H groups in total. The first-order valence-electron chi connectivity index (χ1n) is 8.69. The first-order valence-corrected chi connectivity index (χ1v) is 8.69. The number of rotatable bonds is 8. The van der Waals surface area contributed by atoms with Crippen LogP contribution in [0.2, 0.25) is 0 Å². The van der Waals surface area contributed by atoms with Crippen molar-refractivity contribution in [3.05, 3.63) is 29.8 Å². The van der Waals surface area contributed by atoms with Gasteiger partial charge in [-0.2, -0.15) is 0 Å². The fourth-order valence-corrected chi connectivity index (χ4v) is 3.72. The molecule has 0 spiro atoms. The van der Waals surface area contributed by atoms with Crippen LogP contribution < -0.4 is 10.1 Å². The van der Waals surface area contributed by atoms with Crippen LogP contribution in [-0.2, 0) is 6.42 Å². The van der Waals surface area contributed by atoms with Crippen LogP contribution in [-0.4, -0.2) is 18.7 Å². The molecule has 1 saturated carbocycles. The first kappa shape index (κ1) is 16.4. The highest BCUT2D eigenvalue weighted by Gasteiger charge is 2.53. The van der Waals surface area contributed by atoms with Gasteiger partial charge in [-0.25, -0.2) is 0 Å². The van der Waals surface area contributed by atoms with Crippen molar-refractivity contribution in [2.45, 2.75) is 71.9 Å². The van der Waals surface area contributed by atoms with Crippen molar-refractivity contribution < 1.29 is 4.74 Å². The van der Waals surface area contributed by atoms with Crippen LogP contribution >= 0.6 is 0 Å². The van der Waals surface area contributed by atoms with E-state index in [0.29, 0.717) is 17.6 Å². The molecule has 1 fully saturated rings. The zero-order valence-electron chi connectivity index (χ0n) is 14.1. The van der Waals surface area contributed by atoms with Crippen LogP contribution in [0.1, 0.15) is 58.9 Å². The number of aryl methyl sites for hydroxylation is 1. The average molecular weight is 289 g/mol. The Labute approximate surface area is 130 Å². The Morgan fingerprint density at radius 2 is 1.95 bits per heavy atom. The number of ether oxygens (including phenoxy) is 1. The summed E-state index contributed by atoms with van der Waals surface area (Å²) in [5, 5.41) is 3.72. The predicted octanol–water partition coefficient (Wildman–Crippen LogP) is 4.57. The molecule has 0 bridgehead atoms. The summed E-state index contributed by atoms with van der Waals surface area (Å²) in [5.41, 5.74) is 1.66. The third-order valence-corrected chi connectivity index (χ3v) is 5.33. The standard InChI is InChI=1S/C19H31NO/c1-5-12-20-17-14-18(19(17,7-3)8-4)21-16-11-9-10-15(6-2)13-16/h9-11,13,17-18,20H,5-8,12,14H2,1-4H3. The van der Waals surface area contributed by atoms with Crippen molar-refractivity contribution in [3.63, 3.8) is 0 Å². The molecular formula is C19H31NO. The van der Waals surface area contributed by atoms with Gasteiger partial charge in [0.05, 0.1) is 0 Å². The second kappa shape index (κ2) is 7.31. The molecule has 0 aromatic heterocycles. The van der Waals surface area contributed by atoms with E-state index < -0.39 is 0 Å². The van der Waals surface area contributed by atoms with Crippen molar-refractivity contribution >= 4 is 0 Å². The Morgan fingerprint density at radius 1 is 1.19 bits per heavy atom. The second-order valence-corrected chi connectivity index (χ2v) is 6.29. The molecule has 0 heterocycles. The zero-order valence-corrected chi connectivity index (χ0v) is 14.1. The first-order chi connectivity index (χ1) is 10.2. The maximum Gasteiger partial charge on any atom is 0.120 e. The van der Waals surface area contributed by atoms with E-state index in [1.807, 2.05) is 0 Å². The number of hydrogen-bond acceptors (Lipinski definition) is 2. The fourth-order valence-electron chi connectivity index (χ4n) is 3.72. The van der Waals surface area contributed by atoms with Gasteiger partial charge in [-0.15, -0.1) is 0 Å². The average Bonchev–Trinajstić information content (AvgIpc) is 2.51. The summed E-state index contributed by atoms with van der Waals surface area (Å²) in [7, 11) is 0. The molecule has 2 atom stereocenters. The highest BCUT2D eigenvalue weighted by molar-refractivity contribution is 5.29. The fraction of sp³-hybridized carbons (Fsp3) is 0.684. The zero-order chi connectivity index (χ0) is 15.3. The van der Waals surface area contributed by atoms with Gasteiger partial charge in [-0.3, -0.25) is 0 Å². The molecule has 21 heavy (non-hydrogen) atoms. The lowest BCUT2D eigenvalue weighted by Crippen LogP contribution is -2.64. The van der Waals surface area contributed by atoms with Crippen molar-refractivity contribution in [1.29, 1.82) is 0 Å². The molecule has 2 nitrogen and oxygen atoms in total.